The maximum absolute atomic E-state index is 11.6. The van der Waals surface area contributed by atoms with Crippen LogP contribution >= 0.6 is 15.9 Å². The van der Waals surface area contributed by atoms with Gasteiger partial charge in [0, 0.05) is 28.2 Å². The van der Waals surface area contributed by atoms with E-state index in [-0.39, 0.29) is 5.91 Å². The predicted octanol–water partition coefficient (Wildman–Crippen LogP) is 2.03. The van der Waals surface area contributed by atoms with Crippen LogP contribution in [-0.4, -0.2) is 27.1 Å². The molecule has 1 amide bonds. The van der Waals surface area contributed by atoms with Crippen LogP contribution in [0, 0.1) is 0 Å². The Bertz CT molecular complexity index is 671. The fourth-order valence-corrected chi connectivity index (χ4v) is 2.95. The molecule has 4 nitrogen and oxygen atoms in total. The third-order valence-electron chi connectivity index (χ3n) is 3.68. The molecule has 5 heteroatoms. The maximum atomic E-state index is 11.6. The predicted molar refractivity (Wildman–Crippen MR) is 94.8 cm³/mol. The number of methoxy groups -OCH3 is 1. The number of quaternary nitrogens is 1. The normalized spacial score (nSPS) is 11.8. The highest BCUT2D eigenvalue weighted by Crippen LogP contribution is 2.22. The van der Waals surface area contributed by atoms with Gasteiger partial charge in [-0.1, -0.05) is 28.1 Å². The molecular weight excluding hydrogens is 356 g/mol. The van der Waals surface area contributed by atoms with Gasteiger partial charge < -0.3 is 15.0 Å². The Balaban J connectivity index is 2.03. The van der Waals surface area contributed by atoms with Crippen molar-refractivity contribution in [3.63, 3.8) is 0 Å². The second-order valence-corrected chi connectivity index (χ2v) is 6.46. The van der Waals surface area contributed by atoms with Crippen LogP contribution in [0.1, 0.15) is 21.5 Å². The fourth-order valence-electron chi connectivity index (χ4n) is 2.54. The van der Waals surface area contributed by atoms with E-state index in [1.54, 1.807) is 14.2 Å². The SMILES string of the molecule is CNC(=O)c1ccc(C[NH+](C)Cc2cc(Br)ccc2OC)cc1. The van der Waals surface area contributed by atoms with Gasteiger partial charge in [-0.15, -0.1) is 0 Å². The van der Waals surface area contributed by atoms with Crippen molar-refractivity contribution in [3.05, 3.63) is 63.6 Å². The van der Waals surface area contributed by atoms with Crippen LogP contribution in [-0.2, 0) is 13.1 Å². The van der Waals surface area contributed by atoms with Gasteiger partial charge in [0.05, 0.1) is 14.2 Å². The summed E-state index contributed by atoms with van der Waals surface area (Å²) >= 11 is 3.51. The summed E-state index contributed by atoms with van der Waals surface area (Å²) < 4.78 is 6.48. The van der Waals surface area contributed by atoms with Gasteiger partial charge in [-0.3, -0.25) is 4.79 Å². The number of halogens is 1. The molecule has 2 aromatic carbocycles. The third kappa shape index (κ3) is 4.81. The van der Waals surface area contributed by atoms with Crippen molar-refractivity contribution in [2.45, 2.75) is 13.1 Å². The van der Waals surface area contributed by atoms with Gasteiger partial charge in [-0.05, 0) is 30.3 Å². The lowest BCUT2D eigenvalue weighted by Crippen LogP contribution is -3.06. The summed E-state index contributed by atoms with van der Waals surface area (Å²) in [6.45, 7) is 1.74. The number of hydrogen-bond donors (Lipinski definition) is 2. The van der Waals surface area contributed by atoms with Crippen molar-refractivity contribution in [1.82, 2.24) is 5.32 Å². The van der Waals surface area contributed by atoms with Crippen LogP contribution in [0.4, 0.5) is 0 Å². The molecule has 0 saturated heterocycles. The summed E-state index contributed by atoms with van der Waals surface area (Å²) in [4.78, 5) is 12.9. The smallest absolute Gasteiger partial charge is 0.251 e. The van der Waals surface area contributed by atoms with Crippen molar-refractivity contribution in [3.8, 4) is 5.75 Å². The van der Waals surface area contributed by atoms with Crippen LogP contribution in [0.3, 0.4) is 0 Å². The first-order valence-corrected chi connectivity index (χ1v) is 8.27. The zero-order chi connectivity index (χ0) is 16.8. The highest BCUT2D eigenvalue weighted by molar-refractivity contribution is 9.10. The number of nitrogens with one attached hydrogen (secondary N) is 2. The Morgan fingerprint density at radius 1 is 1.17 bits per heavy atom. The molecule has 23 heavy (non-hydrogen) atoms. The minimum atomic E-state index is -0.0591. The van der Waals surface area contributed by atoms with E-state index in [9.17, 15) is 4.79 Å². The number of benzene rings is 2. The standard InChI is InChI=1S/C18H21BrN2O2/c1-20-18(22)14-6-4-13(5-7-14)11-21(2)12-15-10-16(19)8-9-17(15)23-3/h4-10H,11-12H2,1-3H3,(H,20,22)/p+1. The number of carbonyl (C=O) groups is 1. The maximum Gasteiger partial charge on any atom is 0.251 e. The van der Waals surface area contributed by atoms with E-state index in [1.165, 1.54) is 16.0 Å². The van der Waals surface area contributed by atoms with Crippen LogP contribution < -0.4 is 15.0 Å². The van der Waals surface area contributed by atoms with Crippen LogP contribution in [0.25, 0.3) is 0 Å². The van der Waals surface area contributed by atoms with Gasteiger partial charge in [0.15, 0.2) is 0 Å². The topological polar surface area (TPSA) is 42.8 Å². The summed E-state index contributed by atoms with van der Waals surface area (Å²) in [5.41, 5.74) is 3.05. The molecule has 0 aliphatic heterocycles. The second kappa shape index (κ2) is 8.13. The molecule has 0 spiro atoms. The van der Waals surface area contributed by atoms with Crippen LogP contribution in [0.15, 0.2) is 46.9 Å². The van der Waals surface area contributed by atoms with Crippen molar-refractivity contribution >= 4 is 21.8 Å². The van der Waals surface area contributed by atoms with Crippen LogP contribution in [0.2, 0.25) is 0 Å². The number of hydrogen-bond acceptors (Lipinski definition) is 2. The fraction of sp³-hybridized carbons (Fsp3) is 0.278. The number of rotatable bonds is 6. The quantitative estimate of drug-likeness (QED) is 0.808. The number of carbonyl (C=O) groups excluding carboxylic acids is 1. The monoisotopic (exact) mass is 377 g/mol. The molecule has 122 valence electrons. The molecule has 2 N–H and O–H groups in total. The summed E-state index contributed by atoms with van der Waals surface area (Å²) in [5, 5.41) is 2.63. The molecule has 0 bridgehead atoms. The molecule has 0 heterocycles. The molecule has 0 aliphatic rings. The summed E-state index contributed by atoms with van der Waals surface area (Å²) in [6, 6.07) is 13.8. The Kier molecular flexibility index (Phi) is 6.19. The van der Waals surface area contributed by atoms with E-state index < -0.39 is 0 Å². The third-order valence-corrected chi connectivity index (χ3v) is 4.18. The average molecular weight is 378 g/mol. The van der Waals surface area contributed by atoms with Crippen LogP contribution in [0.5, 0.6) is 5.75 Å². The van der Waals surface area contributed by atoms with Crippen molar-refractivity contribution in [1.29, 1.82) is 0 Å². The largest absolute Gasteiger partial charge is 0.496 e. The first-order valence-electron chi connectivity index (χ1n) is 7.48. The highest BCUT2D eigenvalue weighted by Gasteiger charge is 2.11. The molecule has 0 aliphatic carbocycles. The van der Waals surface area contributed by atoms with Gasteiger partial charge in [0.25, 0.3) is 5.91 Å². The summed E-state index contributed by atoms with van der Waals surface area (Å²) in [7, 11) is 5.48. The van der Waals surface area contributed by atoms with Gasteiger partial charge in [0.1, 0.15) is 18.8 Å². The van der Waals surface area contributed by atoms with Gasteiger partial charge in [-0.25, -0.2) is 0 Å². The summed E-state index contributed by atoms with van der Waals surface area (Å²) in [5.74, 6) is 0.846. The zero-order valence-corrected chi connectivity index (χ0v) is 15.2. The zero-order valence-electron chi connectivity index (χ0n) is 13.7. The van der Waals surface area contributed by atoms with E-state index in [0.717, 1.165) is 23.3 Å². The molecule has 0 saturated carbocycles. The Labute approximate surface area is 145 Å². The lowest BCUT2D eigenvalue weighted by atomic mass is 10.1. The Morgan fingerprint density at radius 3 is 2.48 bits per heavy atom. The molecule has 2 rings (SSSR count). The molecule has 2 aromatic rings. The molecule has 0 aromatic heterocycles. The van der Waals surface area contributed by atoms with E-state index >= 15 is 0 Å². The van der Waals surface area contributed by atoms with Gasteiger partial charge >= 0.3 is 0 Å². The van der Waals surface area contributed by atoms with E-state index in [2.05, 4.69) is 34.4 Å². The second-order valence-electron chi connectivity index (χ2n) is 5.54. The number of ether oxygens (including phenoxy) is 1. The lowest BCUT2D eigenvalue weighted by molar-refractivity contribution is -0.907. The number of amides is 1. The first-order chi connectivity index (χ1) is 11.0. The van der Waals surface area contributed by atoms with Crippen molar-refractivity contribution in [2.75, 3.05) is 21.2 Å². The highest BCUT2D eigenvalue weighted by atomic mass is 79.9. The molecule has 1 unspecified atom stereocenters. The minimum absolute atomic E-state index is 0.0591. The Hall–Kier alpha value is -1.85. The van der Waals surface area contributed by atoms with E-state index in [0.29, 0.717) is 5.56 Å². The first kappa shape index (κ1) is 17.5. The minimum Gasteiger partial charge on any atom is -0.496 e. The Morgan fingerprint density at radius 2 is 1.87 bits per heavy atom. The lowest BCUT2D eigenvalue weighted by Gasteiger charge is -2.16. The van der Waals surface area contributed by atoms with Crippen molar-refractivity contribution in [2.24, 2.45) is 0 Å². The summed E-state index contributed by atoms with van der Waals surface area (Å²) in [6.07, 6.45) is 0. The molecular formula is C18H22BrN2O2+. The average Bonchev–Trinajstić information content (AvgIpc) is 2.55. The van der Waals surface area contributed by atoms with Crippen molar-refractivity contribution < 1.29 is 14.4 Å². The molecule has 1 atom stereocenters. The molecule has 0 radical (unpaired) electrons. The van der Waals surface area contributed by atoms with E-state index in [4.69, 9.17) is 4.74 Å². The molecule has 0 fully saturated rings. The van der Waals surface area contributed by atoms with Gasteiger partial charge in [0.2, 0.25) is 0 Å². The van der Waals surface area contributed by atoms with E-state index in [1.807, 2.05) is 36.4 Å². The van der Waals surface area contributed by atoms with Gasteiger partial charge in [-0.2, -0.15) is 0 Å².